The van der Waals surface area contributed by atoms with Gasteiger partial charge >= 0.3 is 0 Å². The summed E-state index contributed by atoms with van der Waals surface area (Å²) < 4.78 is 30.2. The van der Waals surface area contributed by atoms with Crippen molar-refractivity contribution in [2.75, 3.05) is 6.54 Å². The Morgan fingerprint density at radius 3 is 2.34 bits per heavy atom. The van der Waals surface area contributed by atoms with Crippen LogP contribution in [0.4, 0.5) is 0 Å². The fourth-order valence-electron chi connectivity index (χ4n) is 3.39. The second-order valence-corrected chi connectivity index (χ2v) is 9.00. The topological polar surface area (TPSA) is 55.2 Å². The van der Waals surface area contributed by atoms with E-state index in [4.69, 9.17) is 0 Å². The number of aromatic nitrogens is 2. The summed E-state index contributed by atoms with van der Waals surface area (Å²) in [7, 11) is -1.84. The smallest absolute Gasteiger partial charge is 0.243 e. The minimum atomic E-state index is -3.67. The standard InChI is InChI=1S/C23H23N3O2S/c1-25-15-14-22(24-25)18-26(16-13-19-7-3-2-4-8-19)29(27,28)23-12-11-20-9-5-6-10-21(20)17-23/h2-12,14-15,17H,13,16,18H2,1H3. The van der Waals surface area contributed by atoms with Crippen LogP contribution in [0.3, 0.4) is 0 Å². The molecule has 0 aliphatic rings. The van der Waals surface area contributed by atoms with Crippen molar-refractivity contribution in [3.63, 3.8) is 0 Å². The van der Waals surface area contributed by atoms with Crippen LogP contribution in [0.2, 0.25) is 0 Å². The molecule has 1 heterocycles. The molecule has 0 saturated heterocycles. The Bertz CT molecular complexity index is 1220. The molecule has 0 amide bonds. The van der Waals surface area contributed by atoms with E-state index in [0.29, 0.717) is 17.9 Å². The molecule has 0 aliphatic carbocycles. The second kappa shape index (κ2) is 8.19. The van der Waals surface area contributed by atoms with Gasteiger partial charge in [0, 0.05) is 19.8 Å². The van der Waals surface area contributed by atoms with E-state index < -0.39 is 10.0 Å². The van der Waals surface area contributed by atoms with Gasteiger partial charge in [0.05, 0.1) is 17.1 Å². The van der Waals surface area contributed by atoms with Crippen molar-refractivity contribution in [3.8, 4) is 0 Å². The fraction of sp³-hybridized carbons (Fsp3) is 0.174. The van der Waals surface area contributed by atoms with Crippen LogP contribution < -0.4 is 0 Å². The van der Waals surface area contributed by atoms with Crippen molar-refractivity contribution in [2.45, 2.75) is 17.9 Å². The van der Waals surface area contributed by atoms with Gasteiger partial charge in [-0.15, -0.1) is 0 Å². The lowest BCUT2D eigenvalue weighted by molar-refractivity contribution is 0.403. The molecule has 29 heavy (non-hydrogen) atoms. The molecule has 0 N–H and O–H groups in total. The van der Waals surface area contributed by atoms with Gasteiger partial charge in [0.2, 0.25) is 10.0 Å². The first-order chi connectivity index (χ1) is 14.0. The van der Waals surface area contributed by atoms with Crippen molar-refractivity contribution >= 4 is 20.8 Å². The molecule has 0 spiro atoms. The summed E-state index contributed by atoms with van der Waals surface area (Å²) in [6.45, 7) is 0.624. The van der Waals surface area contributed by atoms with Crippen molar-refractivity contribution < 1.29 is 8.42 Å². The van der Waals surface area contributed by atoms with Gasteiger partial charge in [0.15, 0.2) is 0 Å². The van der Waals surface area contributed by atoms with E-state index in [-0.39, 0.29) is 6.54 Å². The zero-order valence-corrected chi connectivity index (χ0v) is 17.1. The molecule has 5 nitrogen and oxygen atoms in total. The summed E-state index contributed by atoms with van der Waals surface area (Å²) in [6.07, 6.45) is 2.47. The first-order valence-corrected chi connectivity index (χ1v) is 11.0. The quantitative estimate of drug-likeness (QED) is 0.467. The number of hydrogen-bond donors (Lipinski definition) is 0. The van der Waals surface area contributed by atoms with Crippen molar-refractivity contribution in [1.82, 2.24) is 14.1 Å². The van der Waals surface area contributed by atoms with E-state index >= 15 is 0 Å². The average Bonchev–Trinajstić information content (AvgIpc) is 3.16. The van der Waals surface area contributed by atoms with Gasteiger partial charge in [-0.25, -0.2) is 8.42 Å². The molecule has 0 unspecified atom stereocenters. The van der Waals surface area contributed by atoms with E-state index in [0.717, 1.165) is 22.0 Å². The van der Waals surface area contributed by atoms with Crippen LogP contribution in [-0.2, 0) is 30.0 Å². The zero-order valence-electron chi connectivity index (χ0n) is 16.3. The van der Waals surface area contributed by atoms with Crippen LogP contribution in [-0.4, -0.2) is 29.0 Å². The van der Waals surface area contributed by atoms with Crippen molar-refractivity contribution in [3.05, 3.63) is 96.3 Å². The largest absolute Gasteiger partial charge is 0.276 e. The Kier molecular flexibility index (Phi) is 5.47. The first kappa shape index (κ1) is 19.4. The second-order valence-electron chi connectivity index (χ2n) is 7.06. The third kappa shape index (κ3) is 4.39. The minimum absolute atomic E-state index is 0.239. The third-order valence-corrected chi connectivity index (χ3v) is 6.80. The van der Waals surface area contributed by atoms with E-state index in [1.54, 1.807) is 16.8 Å². The third-order valence-electron chi connectivity index (χ3n) is 4.96. The Hall–Kier alpha value is -2.96. The number of benzene rings is 3. The molecule has 0 radical (unpaired) electrons. The van der Waals surface area contributed by atoms with E-state index in [1.165, 1.54) is 4.31 Å². The molecular formula is C23H23N3O2S. The predicted octanol–water partition coefficient (Wildman–Crippen LogP) is 4.01. The Labute approximate surface area is 171 Å². The molecule has 6 heteroatoms. The number of sulfonamides is 1. The minimum Gasteiger partial charge on any atom is -0.276 e. The molecule has 0 fully saturated rings. The van der Waals surface area contributed by atoms with Crippen molar-refractivity contribution in [2.24, 2.45) is 7.05 Å². The maximum atomic E-state index is 13.5. The highest BCUT2D eigenvalue weighted by atomic mass is 32.2. The van der Waals surface area contributed by atoms with Gasteiger partial charge in [-0.2, -0.15) is 9.40 Å². The highest BCUT2D eigenvalue weighted by Crippen LogP contribution is 2.23. The van der Waals surface area contributed by atoms with Gasteiger partial charge in [-0.3, -0.25) is 4.68 Å². The molecule has 3 aromatic carbocycles. The average molecular weight is 406 g/mol. The summed E-state index contributed by atoms with van der Waals surface area (Å²) in [5.74, 6) is 0. The highest BCUT2D eigenvalue weighted by molar-refractivity contribution is 7.89. The van der Waals surface area contributed by atoms with E-state index in [9.17, 15) is 8.42 Å². The number of hydrogen-bond acceptors (Lipinski definition) is 3. The van der Waals surface area contributed by atoms with E-state index in [2.05, 4.69) is 5.10 Å². The summed E-state index contributed by atoms with van der Waals surface area (Å²) in [5.41, 5.74) is 1.83. The fourth-order valence-corrected chi connectivity index (χ4v) is 4.84. The highest BCUT2D eigenvalue weighted by Gasteiger charge is 2.25. The van der Waals surface area contributed by atoms with Crippen LogP contribution in [0.15, 0.2) is 90.0 Å². The summed E-state index contributed by atoms with van der Waals surface area (Å²) in [4.78, 5) is 0.306. The van der Waals surface area contributed by atoms with Crippen LogP contribution in [0, 0.1) is 0 Å². The molecule has 4 aromatic rings. The molecule has 1 aromatic heterocycles. The number of rotatable bonds is 7. The van der Waals surface area contributed by atoms with Gasteiger partial charge in [-0.05, 0) is 41.0 Å². The zero-order chi connectivity index (χ0) is 20.3. The number of fused-ring (bicyclic) bond motifs is 1. The SMILES string of the molecule is Cn1ccc(CN(CCc2ccccc2)S(=O)(=O)c2ccc3ccccc3c2)n1. The summed E-state index contributed by atoms with van der Waals surface area (Å²) in [5, 5.41) is 6.31. The summed E-state index contributed by atoms with van der Waals surface area (Å²) in [6, 6.07) is 24.8. The van der Waals surface area contributed by atoms with Gasteiger partial charge in [-0.1, -0.05) is 60.7 Å². The van der Waals surface area contributed by atoms with Crippen LogP contribution >= 0.6 is 0 Å². The van der Waals surface area contributed by atoms with Gasteiger partial charge < -0.3 is 0 Å². The Morgan fingerprint density at radius 2 is 1.62 bits per heavy atom. The van der Waals surface area contributed by atoms with Crippen LogP contribution in [0.1, 0.15) is 11.3 Å². The molecule has 148 valence electrons. The van der Waals surface area contributed by atoms with Gasteiger partial charge in [0.25, 0.3) is 0 Å². The lowest BCUT2D eigenvalue weighted by Crippen LogP contribution is -2.32. The molecule has 4 rings (SSSR count). The lowest BCUT2D eigenvalue weighted by atomic mass is 10.1. The molecule has 0 atom stereocenters. The molecule has 0 saturated carbocycles. The monoisotopic (exact) mass is 405 g/mol. The maximum Gasteiger partial charge on any atom is 0.243 e. The first-order valence-electron chi connectivity index (χ1n) is 9.54. The summed E-state index contributed by atoms with van der Waals surface area (Å²) >= 11 is 0. The van der Waals surface area contributed by atoms with E-state index in [1.807, 2.05) is 80.0 Å². The number of nitrogens with zero attached hydrogens (tertiary/aromatic N) is 3. The Balaban J connectivity index is 1.66. The predicted molar refractivity (Wildman–Crippen MR) is 115 cm³/mol. The molecule has 0 bridgehead atoms. The maximum absolute atomic E-state index is 13.5. The Morgan fingerprint density at radius 1 is 0.897 bits per heavy atom. The van der Waals surface area contributed by atoms with Gasteiger partial charge in [0.1, 0.15) is 0 Å². The number of aryl methyl sites for hydroxylation is 1. The molecular weight excluding hydrogens is 382 g/mol. The normalized spacial score (nSPS) is 11.9. The molecule has 0 aliphatic heterocycles. The van der Waals surface area contributed by atoms with Crippen molar-refractivity contribution in [1.29, 1.82) is 0 Å². The lowest BCUT2D eigenvalue weighted by Gasteiger charge is -2.22. The van der Waals surface area contributed by atoms with Crippen LogP contribution in [0.25, 0.3) is 10.8 Å². The van der Waals surface area contributed by atoms with Crippen LogP contribution in [0.5, 0.6) is 0 Å².